The minimum Gasteiger partial charge on any atom is -0.409 e. The average molecular weight is 342 g/mol. The van der Waals surface area contributed by atoms with Gasteiger partial charge in [0.15, 0.2) is 6.20 Å². The highest BCUT2D eigenvalue weighted by molar-refractivity contribution is 5.98. The first-order valence-electron chi connectivity index (χ1n) is 8.65. The van der Waals surface area contributed by atoms with E-state index in [1.54, 1.807) is 23.2 Å². The molecule has 0 radical (unpaired) electrons. The number of aromatic nitrogens is 1. The fraction of sp³-hybridized carbons (Fsp3) is 0.421. The number of aryl methyl sites for hydroxylation is 1. The molecule has 2 heterocycles. The van der Waals surface area contributed by atoms with Crippen LogP contribution in [0.15, 0.2) is 30.5 Å². The number of hydrogen-bond donors (Lipinski definition) is 1. The van der Waals surface area contributed by atoms with Crippen LogP contribution in [0.2, 0.25) is 0 Å². The van der Waals surface area contributed by atoms with Gasteiger partial charge in [-0.2, -0.15) is 0 Å². The normalized spacial score (nSPS) is 14.2. The Hall–Kier alpha value is -2.63. The predicted molar refractivity (Wildman–Crippen MR) is 94.6 cm³/mol. The van der Waals surface area contributed by atoms with Crippen molar-refractivity contribution in [3.8, 4) is 5.75 Å². The standard InChI is InChI=1S/C19H23N3O3/c1-13(2)20-18(23)14-11-15-16(21(3)12-14)7-6-8-17(15)25-19(24)22-9-4-5-10-22/h6-8,11-13H,4-5,9-10H2,1-3H3/p+1. The summed E-state index contributed by atoms with van der Waals surface area (Å²) in [4.78, 5) is 26.4. The summed E-state index contributed by atoms with van der Waals surface area (Å²) in [6.07, 6.45) is 3.48. The highest BCUT2D eigenvalue weighted by atomic mass is 16.6. The van der Waals surface area contributed by atoms with E-state index in [2.05, 4.69) is 5.32 Å². The summed E-state index contributed by atoms with van der Waals surface area (Å²) in [6.45, 7) is 5.31. The Balaban J connectivity index is 1.96. The maximum absolute atomic E-state index is 12.4. The minimum atomic E-state index is -0.329. The summed E-state index contributed by atoms with van der Waals surface area (Å²) in [5, 5.41) is 3.63. The Morgan fingerprint density at radius 2 is 1.96 bits per heavy atom. The molecule has 0 aliphatic carbocycles. The number of likely N-dealkylation sites (tertiary alicyclic amines) is 1. The van der Waals surface area contributed by atoms with E-state index in [1.807, 2.05) is 37.6 Å². The molecule has 1 aliphatic rings. The van der Waals surface area contributed by atoms with E-state index in [9.17, 15) is 9.59 Å². The molecule has 6 heteroatoms. The largest absolute Gasteiger partial charge is 0.415 e. The van der Waals surface area contributed by atoms with E-state index in [1.165, 1.54) is 0 Å². The van der Waals surface area contributed by atoms with Crippen LogP contribution in [0.3, 0.4) is 0 Å². The van der Waals surface area contributed by atoms with Crippen LogP contribution in [0.1, 0.15) is 37.0 Å². The first-order valence-corrected chi connectivity index (χ1v) is 8.65. The van der Waals surface area contributed by atoms with Crippen molar-refractivity contribution in [2.24, 2.45) is 7.05 Å². The van der Waals surface area contributed by atoms with Crippen LogP contribution in [0.25, 0.3) is 10.9 Å². The molecule has 0 unspecified atom stereocenters. The third-order valence-electron chi connectivity index (χ3n) is 4.30. The van der Waals surface area contributed by atoms with Gasteiger partial charge in [-0.3, -0.25) is 4.79 Å². The number of rotatable bonds is 3. The molecule has 6 nitrogen and oxygen atoms in total. The lowest BCUT2D eigenvalue weighted by Crippen LogP contribution is -2.35. The Morgan fingerprint density at radius 3 is 2.64 bits per heavy atom. The molecular formula is C19H24N3O3+. The predicted octanol–water partition coefficient (Wildman–Crippen LogP) is 2.40. The van der Waals surface area contributed by atoms with Crippen molar-refractivity contribution in [2.45, 2.75) is 32.7 Å². The Labute approximate surface area is 147 Å². The quantitative estimate of drug-likeness (QED) is 0.871. The van der Waals surface area contributed by atoms with Gasteiger partial charge in [-0.05, 0) is 38.8 Å². The maximum Gasteiger partial charge on any atom is 0.415 e. The molecule has 0 spiro atoms. The Bertz CT molecular complexity index is 811. The van der Waals surface area contributed by atoms with Crippen molar-refractivity contribution >= 4 is 22.9 Å². The zero-order chi connectivity index (χ0) is 18.0. The molecule has 0 saturated carbocycles. The summed E-state index contributed by atoms with van der Waals surface area (Å²) in [5.41, 5.74) is 1.43. The molecule has 3 rings (SSSR count). The Kier molecular flexibility index (Phi) is 4.88. The van der Waals surface area contributed by atoms with Crippen LogP contribution < -0.4 is 14.6 Å². The monoisotopic (exact) mass is 342 g/mol. The second kappa shape index (κ2) is 7.09. The van der Waals surface area contributed by atoms with Crippen molar-refractivity contribution < 1.29 is 18.9 Å². The van der Waals surface area contributed by atoms with Crippen LogP contribution in [0, 0.1) is 0 Å². The van der Waals surface area contributed by atoms with Gasteiger partial charge in [-0.1, -0.05) is 6.07 Å². The second-order valence-corrected chi connectivity index (χ2v) is 6.72. The van der Waals surface area contributed by atoms with Gasteiger partial charge in [0.1, 0.15) is 18.4 Å². The van der Waals surface area contributed by atoms with Crippen LogP contribution in [-0.4, -0.2) is 36.0 Å². The minimum absolute atomic E-state index is 0.0525. The van der Waals surface area contributed by atoms with Crippen molar-refractivity contribution in [3.05, 3.63) is 36.0 Å². The first kappa shape index (κ1) is 17.2. The van der Waals surface area contributed by atoms with Crippen molar-refractivity contribution in [1.82, 2.24) is 10.2 Å². The summed E-state index contributed by atoms with van der Waals surface area (Å²) in [5.74, 6) is 0.331. The van der Waals surface area contributed by atoms with Crippen LogP contribution >= 0.6 is 0 Å². The number of nitrogens with zero attached hydrogens (tertiary/aromatic N) is 2. The number of fused-ring (bicyclic) bond motifs is 1. The molecule has 1 saturated heterocycles. The van der Waals surface area contributed by atoms with E-state index < -0.39 is 0 Å². The van der Waals surface area contributed by atoms with Gasteiger partial charge in [-0.25, -0.2) is 9.36 Å². The number of nitrogens with one attached hydrogen (secondary N) is 1. The second-order valence-electron chi connectivity index (χ2n) is 6.72. The van der Waals surface area contributed by atoms with Gasteiger partial charge in [0.2, 0.25) is 5.52 Å². The van der Waals surface area contributed by atoms with Crippen molar-refractivity contribution in [3.63, 3.8) is 0 Å². The van der Waals surface area contributed by atoms with Gasteiger partial charge >= 0.3 is 6.09 Å². The molecule has 0 atom stereocenters. The van der Waals surface area contributed by atoms with E-state index >= 15 is 0 Å². The number of carbonyl (C=O) groups excluding carboxylic acids is 2. The zero-order valence-electron chi connectivity index (χ0n) is 14.9. The molecule has 25 heavy (non-hydrogen) atoms. The molecule has 1 aliphatic heterocycles. The number of pyridine rings is 1. The van der Waals surface area contributed by atoms with Crippen molar-refractivity contribution in [1.29, 1.82) is 0 Å². The van der Waals surface area contributed by atoms with Gasteiger partial charge < -0.3 is 15.0 Å². The molecular weight excluding hydrogens is 318 g/mol. The van der Waals surface area contributed by atoms with Gasteiger partial charge in [0, 0.05) is 25.2 Å². The van der Waals surface area contributed by atoms with Crippen LogP contribution in [0.4, 0.5) is 4.79 Å². The molecule has 1 N–H and O–H groups in total. The van der Waals surface area contributed by atoms with E-state index in [0.29, 0.717) is 11.3 Å². The molecule has 132 valence electrons. The Morgan fingerprint density at radius 1 is 1.24 bits per heavy atom. The number of benzene rings is 1. The van der Waals surface area contributed by atoms with Gasteiger partial charge in [0.05, 0.1) is 5.39 Å². The van der Waals surface area contributed by atoms with E-state index in [4.69, 9.17) is 4.74 Å². The number of amides is 2. The third-order valence-corrected chi connectivity index (χ3v) is 4.30. The zero-order valence-corrected chi connectivity index (χ0v) is 14.9. The number of carbonyl (C=O) groups is 2. The van der Waals surface area contributed by atoms with Crippen molar-refractivity contribution in [2.75, 3.05) is 13.1 Å². The SMILES string of the molecule is CC(C)NC(=O)c1cc2c(OC(=O)N3CCCC3)cccc2[n+](C)c1. The molecule has 1 aromatic heterocycles. The fourth-order valence-corrected chi connectivity index (χ4v) is 3.07. The number of ether oxygens (including phenoxy) is 1. The lowest BCUT2D eigenvalue weighted by molar-refractivity contribution is -0.645. The van der Waals surface area contributed by atoms with Gasteiger partial charge in [-0.15, -0.1) is 0 Å². The smallest absolute Gasteiger partial charge is 0.409 e. The third kappa shape index (κ3) is 3.73. The highest BCUT2D eigenvalue weighted by Crippen LogP contribution is 2.25. The van der Waals surface area contributed by atoms with E-state index in [-0.39, 0.29) is 18.0 Å². The van der Waals surface area contributed by atoms with Gasteiger partial charge in [0.25, 0.3) is 5.91 Å². The first-order chi connectivity index (χ1) is 12.0. The lowest BCUT2D eigenvalue weighted by Gasteiger charge is -2.15. The lowest BCUT2D eigenvalue weighted by atomic mass is 10.1. The number of hydrogen-bond acceptors (Lipinski definition) is 3. The summed E-state index contributed by atoms with van der Waals surface area (Å²) < 4.78 is 7.50. The van der Waals surface area contributed by atoms with Crippen LogP contribution in [-0.2, 0) is 7.05 Å². The van der Waals surface area contributed by atoms with E-state index in [0.717, 1.165) is 36.8 Å². The summed E-state index contributed by atoms with van der Waals surface area (Å²) in [6, 6.07) is 7.38. The summed E-state index contributed by atoms with van der Waals surface area (Å²) >= 11 is 0. The molecule has 2 aromatic rings. The van der Waals surface area contributed by atoms with Crippen LogP contribution in [0.5, 0.6) is 5.75 Å². The highest BCUT2D eigenvalue weighted by Gasteiger charge is 2.22. The fourth-order valence-electron chi connectivity index (χ4n) is 3.07. The average Bonchev–Trinajstić information content (AvgIpc) is 3.09. The topological polar surface area (TPSA) is 62.5 Å². The molecule has 1 fully saturated rings. The molecule has 0 bridgehead atoms. The molecule has 1 aromatic carbocycles. The molecule has 2 amide bonds. The maximum atomic E-state index is 12.4. The summed E-state index contributed by atoms with van der Waals surface area (Å²) in [7, 11) is 1.88.